The molecule has 1 aromatic carbocycles. The van der Waals surface area contributed by atoms with Gasteiger partial charge >= 0.3 is 0 Å². The van der Waals surface area contributed by atoms with Gasteiger partial charge in [0.25, 0.3) is 0 Å². The lowest BCUT2D eigenvalue weighted by Gasteiger charge is -2.06. The van der Waals surface area contributed by atoms with Crippen molar-refractivity contribution < 1.29 is 9.13 Å². The largest absolute Gasteiger partial charge is 0.485 e. The number of thiazole rings is 1. The van der Waals surface area contributed by atoms with Crippen LogP contribution in [0.1, 0.15) is 10.7 Å². The monoisotopic (exact) mass is 335 g/mol. The van der Waals surface area contributed by atoms with E-state index in [1.165, 1.54) is 23.5 Å². The van der Waals surface area contributed by atoms with Crippen molar-refractivity contribution in [3.05, 3.63) is 44.6 Å². The summed E-state index contributed by atoms with van der Waals surface area (Å²) in [4.78, 5) is 4.26. The zero-order valence-corrected chi connectivity index (χ0v) is 11.8. The number of hydrogen-bond donors (Lipinski definition) is 0. The van der Waals surface area contributed by atoms with Crippen LogP contribution in [0.3, 0.4) is 0 Å². The van der Waals surface area contributed by atoms with Gasteiger partial charge in [0.15, 0.2) is 0 Å². The Labute approximate surface area is 116 Å². The number of alkyl halides is 1. The lowest BCUT2D eigenvalue weighted by Crippen LogP contribution is -1.96. The summed E-state index contributed by atoms with van der Waals surface area (Å²) < 4.78 is 19.0. The first-order valence-corrected chi connectivity index (χ1v) is 6.97. The normalized spacial score (nSPS) is 10.5. The van der Waals surface area contributed by atoms with Crippen molar-refractivity contribution in [2.24, 2.45) is 0 Å². The molecule has 2 aromatic rings. The molecule has 0 aliphatic heterocycles. The van der Waals surface area contributed by atoms with Crippen LogP contribution < -0.4 is 4.74 Å². The summed E-state index contributed by atoms with van der Waals surface area (Å²) in [6, 6.07) is 4.29. The molecule has 0 fully saturated rings. The second kappa shape index (κ2) is 5.80. The molecular formula is C11H8BrClFNOS. The number of rotatable bonds is 4. The Morgan fingerprint density at radius 2 is 2.29 bits per heavy atom. The number of nitrogens with zero attached hydrogens (tertiary/aromatic N) is 1. The molecule has 2 rings (SSSR count). The second-order valence-corrected chi connectivity index (χ2v) is 5.29. The van der Waals surface area contributed by atoms with Crippen molar-refractivity contribution in [3.8, 4) is 5.75 Å². The summed E-state index contributed by atoms with van der Waals surface area (Å²) in [6.07, 6.45) is 0. The average Bonchev–Trinajstić information content (AvgIpc) is 2.76. The van der Waals surface area contributed by atoms with Crippen LogP contribution in [0.15, 0.2) is 28.1 Å². The van der Waals surface area contributed by atoms with Crippen LogP contribution in [-0.2, 0) is 12.5 Å². The van der Waals surface area contributed by atoms with Gasteiger partial charge in [0.2, 0.25) is 0 Å². The van der Waals surface area contributed by atoms with Gasteiger partial charge in [0.05, 0.1) is 16.0 Å². The summed E-state index contributed by atoms with van der Waals surface area (Å²) in [5.41, 5.74) is 0.841. The predicted molar refractivity (Wildman–Crippen MR) is 70.1 cm³/mol. The Balaban J connectivity index is 2.02. The van der Waals surface area contributed by atoms with Gasteiger partial charge in [-0.1, -0.05) is 0 Å². The molecular weight excluding hydrogens is 329 g/mol. The van der Waals surface area contributed by atoms with Gasteiger partial charge < -0.3 is 4.74 Å². The molecule has 17 heavy (non-hydrogen) atoms. The molecule has 0 bridgehead atoms. The van der Waals surface area contributed by atoms with E-state index in [1.807, 2.05) is 5.38 Å². The van der Waals surface area contributed by atoms with E-state index in [0.29, 0.717) is 22.7 Å². The van der Waals surface area contributed by atoms with Gasteiger partial charge in [-0.25, -0.2) is 9.37 Å². The van der Waals surface area contributed by atoms with Gasteiger partial charge in [-0.2, -0.15) is 0 Å². The highest BCUT2D eigenvalue weighted by molar-refractivity contribution is 9.10. The lowest BCUT2D eigenvalue weighted by molar-refractivity contribution is 0.303. The Morgan fingerprint density at radius 1 is 1.47 bits per heavy atom. The Morgan fingerprint density at radius 3 is 2.94 bits per heavy atom. The maximum Gasteiger partial charge on any atom is 0.140 e. The van der Waals surface area contributed by atoms with Crippen LogP contribution in [0.25, 0.3) is 0 Å². The van der Waals surface area contributed by atoms with Crippen LogP contribution in [0.5, 0.6) is 5.75 Å². The van der Waals surface area contributed by atoms with Crippen molar-refractivity contribution in [2.45, 2.75) is 12.5 Å². The van der Waals surface area contributed by atoms with Gasteiger partial charge in [-0.3, -0.25) is 0 Å². The minimum absolute atomic E-state index is 0.303. The fourth-order valence-corrected chi connectivity index (χ4v) is 2.61. The maximum atomic E-state index is 12.8. The van der Waals surface area contributed by atoms with Gasteiger partial charge in [0, 0.05) is 5.38 Å². The molecule has 0 N–H and O–H groups in total. The van der Waals surface area contributed by atoms with E-state index in [9.17, 15) is 4.39 Å². The molecule has 1 heterocycles. The summed E-state index contributed by atoms with van der Waals surface area (Å²) in [5, 5.41) is 2.74. The number of ether oxygens (including phenoxy) is 1. The molecule has 0 unspecified atom stereocenters. The number of aromatic nitrogens is 1. The molecule has 2 nitrogen and oxygen atoms in total. The first kappa shape index (κ1) is 12.8. The smallest absolute Gasteiger partial charge is 0.140 e. The van der Waals surface area contributed by atoms with E-state index in [-0.39, 0.29) is 5.82 Å². The van der Waals surface area contributed by atoms with E-state index >= 15 is 0 Å². The standard InChI is InChI=1S/C11H8BrClFNOS/c12-9-3-7(14)1-2-10(9)16-5-11-15-8(4-13)6-17-11/h1-3,6H,4-5H2. The topological polar surface area (TPSA) is 22.1 Å². The molecule has 0 saturated heterocycles. The van der Waals surface area contributed by atoms with Gasteiger partial charge in [0.1, 0.15) is 23.2 Å². The lowest BCUT2D eigenvalue weighted by atomic mass is 10.3. The summed E-state index contributed by atoms with van der Waals surface area (Å²) in [7, 11) is 0. The molecule has 0 spiro atoms. The molecule has 90 valence electrons. The second-order valence-electron chi connectivity index (χ2n) is 3.23. The molecule has 0 aliphatic rings. The van der Waals surface area contributed by atoms with Crippen molar-refractivity contribution in [1.82, 2.24) is 4.98 Å². The Hall–Kier alpha value is -0.650. The quantitative estimate of drug-likeness (QED) is 0.774. The highest BCUT2D eigenvalue weighted by atomic mass is 79.9. The Kier molecular flexibility index (Phi) is 4.36. The summed E-state index contributed by atoms with van der Waals surface area (Å²) >= 11 is 10.4. The van der Waals surface area contributed by atoms with Gasteiger partial charge in [-0.05, 0) is 34.1 Å². The molecule has 0 atom stereocenters. The molecule has 6 heteroatoms. The molecule has 0 saturated carbocycles. The number of halogens is 3. The highest BCUT2D eigenvalue weighted by Gasteiger charge is 2.05. The molecule has 0 aliphatic carbocycles. The van der Waals surface area contributed by atoms with Crippen LogP contribution in [0.2, 0.25) is 0 Å². The minimum Gasteiger partial charge on any atom is -0.485 e. The average molecular weight is 337 g/mol. The Bertz CT molecular complexity index is 520. The van der Waals surface area contributed by atoms with Crippen molar-refractivity contribution in [3.63, 3.8) is 0 Å². The number of hydrogen-bond acceptors (Lipinski definition) is 3. The van der Waals surface area contributed by atoms with Crippen LogP contribution >= 0.6 is 38.9 Å². The van der Waals surface area contributed by atoms with Crippen molar-refractivity contribution in [2.75, 3.05) is 0 Å². The van der Waals surface area contributed by atoms with Crippen LogP contribution in [0.4, 0.5) is 4.39 Å². The first-order chi connectivity index (χ1) is 8.19. The van der Waals surface area contributed by atoms with E-state index < -0.39 is 0 Å². The van der Waals surface area contributed by atoms with Gasteiger partial charge in [-0.15, -0.1) is 22.9 Å². The van der Waals surface area contributed by atoms with E-state index in [2.05, 4.69) is 20.9 Å². The third-order valence-corrected chi connectivity index (χ3v) is 3.75. The fraction of sp³-hybridized carbons (Fsp3) is 0.182. The summed E-state index contributed by atoms with van der Waals surface area (Å²) in [5.74, 6) is 0.688. The van der Waals surface area contributed by atoms with Crippen LogP contribution in [0, 0.1) is 5.82 Å². The van der Waals surface area contributed by atoms with Crippen molar-refractivity contribution >= 4 is 38.9 Å². The highest BCUT2D eigenvalue weighted by Crippen LogP contribution is 2.26. The van der Waals surface area contributed by atoms with E-state index in [1.54, 1.807) is 6.07 Å². The fourth-order valence-electron chi connectivity index (χ4n) is 1.21. The van der Waals surface area contributed by atoms with Crippen LogP contribution in [-0.4, -0.2) is 4.98 Å². The van der Waals surface area contributed by atoms with E-state index in [4.69, 9.17) is 16.3 Å². The predicted octanol–water partition coefficient (Wildman–Crippen LogP) is 4.36. The third-order valence-electron chi connectivity index (χ3n) is 1.98. The first-order valence-electron chi connectivity index (χ1n) is 4.76. The molecule has 0 amide bonds. The third kappa shape index (κ3) is 3.40. The minimum atomic E-state index is -0.303. The number of benzene rings is 1. The maximum absolute atomic E-state index is 12.8. The summed E-state index contributed by atoms with van der Waals surface area (Å²) in [6.45, 7) is 0.353. The zero-order chi connectivity index (χ0) is 12.3. The zero-order valence-electron chi connectivity index (χ0n) is 8.62. The van der Waals surface area contributed by atoms with Crippen molar-refractivity contribution in [1.29, 1.82) is 0 Å². The van der Waals surface area contributed by atoms with E-state index in [0.717, 1.165) is 10.7 Å². The molecule has 0 radical (unpaired) electrons. The molecule has 1 aromatic heterocycles. The SMILES string of the molecule is Fc1ccc(OCc2nc(CCl)cs2)c(Br)c1.